The van der Waals surface area contributed by atoms with Crippen LogP contribution in [0.1, 0.15) is 36.1 Å². The zero-order valence-corrected chi connectivity index (χ0v) is 22.3. The minimum atomic E-state index is -0.514. The highest BCUT2D eigenvalue weighted by Gasteiger charge is 2.17. The summed E-state index contributed by atoms with van der Waals surface area (Å²) in [6.45, 7) is 4.49. The van der Waals surface area contributed by atoms with Crippen LogP contribution in [0.4, 0.5) is 16.2 Å². The van der Waals surface area contributed by atoms with Crippen LogP contribution in [0.3, 0.4) is 0 Å². The number of carbonyl (C=O) groups excluding carboxylic acids is 1. The molecule has 8 nitrogen and oxygen atoms in total. The molecular formula is C28H26Cl2N4O4. The van der Waals surface area contributed by atoms with E-state index in [-0.39, 0.29) is 18.2 Å². The second kappa shape index (κ2) is 12.1. The molecule has 1 aromatic heterocycles. The summed E-state index contributed by atoms with van der Waals surface area (Å²) in [5.74, 6) is 0.661. The van der Waals surface area contributed by atoms with Crippen molar-refractivity contribution in [2.75, 3.05) is 11.9 Å². The Morgan fingerprint density at radius 1 is 1.11 bits per heavy atom. The van der Waals surface area contributed by atoms with Gasteiger partial charge in [-0.05, 0) is 49.1 Å². The second-order valence-electron chi connectivity index (χ2n) is 8.88. The number of rotatable bonds is 9. The number of pyridine rings is 1. The van der Waals surface area contributed by atoms with Gasteiger partial charge in [-0.1, -0.05) is 60.5 Å². The maximum atomic E-state index is 12.3. The fourth-order valence-electron chi connectivity index (χ4n) is 4.04. The number of nitrogens with one attached hydrogen (secondary N) is 2. The molecule has 0 saturated heterocycles. The Morgan fingerprint density at radius 3 is 2.68 bits per heavy atom. The molecule has 4 aromatic rings. The highest BCUT2D eigenvalue weighted by molar-refractivity contribution is 6.36. The molecule has 0 bridgehead atoms. The lowest BCUT2D eigenvalue weighted by molar-refractivity contribution is -0.384. The number of hydrogen-bond donors (Lipinski definition) is 2. The summed E-state index contributed by atoms with van der Waals surface area (Å²) < 4.78 is 6.11. The van der Waals surface area contributed by atoms with Gasteiger partial charge < -0.3 is 15.4 Å². The van der Waals surface area contributed by atoms with E-state index in [0.717, 1.165) is 22.2 Å². The number of non-ortho nitro benzene ring substituents is 1. The molecule has 4 rings (SSSR count). The number of aryl methyl sites for hydroxylation is 1. The van der Waals surface area contributed by atoms with Crippen molar-refractivity contribution in [3.8, 4) is 5.75 Å². The molecule has 0 spiro atoms. The van der Waals surface area contributed by atoms with Crippen LogP contribution in [-0.2, 0) is 6.61 Å². The van der Waals surface area contributed by atoms with Gasteiger partial charge in [0.15, 0.2) is 0 Å². The normalized spacial score (nSPS) is 11.7. The summed E-state index contributed by atoms with van der Waals surface area (Å²) in [4.78, 5) is 27.3. The molecule has 3 aromatic carbocycles. The van der Waals surface area contributed by atoms with Crippen LogP contribution in [0.15, 0.2) is 66.7 Å². The van der Waals surface area contributed by atoms with Crippen molar-refractivity contribution in [3.63, 3.8) is 0 Å². The highest BCUT2D eigenvalue weighted by atomic mass is 35.5. The third-order valence-electron chi connectivity index (χ3n) is 6.12. The van der Waals surface area contributed by atoms with Gasteiger partial charge in [0.2, 0.25) is 0 Å². The molecule has 1 unspecified atom stereocenters. The van der Waals surface area contributed by atoms with Gasteiger partial charge in [-0.25, -0.2) is 9.78 Å². The van der Waals surface area contributed by atoms with E-state index >= 15 is 0 Å². The first-order valence-electron chi connectivity index (χ1n) is 12.0. The summed E-state index contributed by atoms with van der Waals surface area (Å²) in [6.07, 6.45) is 0.608. The first-order valence-corrected chi connectivity index (χ1v) is 12.7. The molecule has 1 atom stereocenters. The number of para-hydroxylation sites is 1. The van der Waals surface area contributed by atoms with E-state index in [9.17, 15) is 14.9 Å². The van der Waals surface area contributed by atoms with Crippen LogP contribution in [0.5, 0.6) is 5.75 Å². The summed E-state index contributed by atoms with van der Waals surface area (Å²) in [7, 11) is 0. The molecule has 0 aliphatic rings. The predicted molar refractivity (Wildman–Crippen MR) is 150 cm³/mol. The number of aromatic nitrogens is 1. The fourth-order valence-corrected chi connectivity index (χ4v) is 4.71. The maximum absolute atomic E-state index is 12.3. The summed E-state index contributed by atoms with van der Waals surface area (Å²) in [6, 6.07) is 18.7. The molecule has 0 aliphatic carbocycles. The van der Waals surface area contributed by atoms with Crippen LogP contribution in [0, 0.1) is 17.0 Å². The number of nitro groups is 1. The third-order valence-corrected chi connectivity index (χ3v) is 6.92. The SMILES string of the molecule is Cc1ccc2cccc(OCc3c(Cl)ccc(C(C)CCNC(=O)Nc4cccc([N+](=O)[O-])c4)c3Cl)c2n1. The smallest absolute Gasteiger partial charge is 0.319 e. The quantitative estimate of drug-likeness (QED) is 0.164. The highest BCUT2D eigenvalue weighted by Crippen LogP contribution is 2.35. The average molecular weight is 553 g/mol. The zero-order chi connectivity index (χ0) is 27.2. The van der Waals surface area contributed by atoms with Gasteiger partial charge in [0.05, 0.1) is 9.95 Å². The van der Waals surface area contributed by atoms with E-state index in [1.807, 2.05) is 50.2 Å². The topological polar surface area (TPSA) is 106 Å². The number of nitro benzene ring substituents is 1. The molecule has 2 N–H and O–H groups in total. The van der Waals surface area contributed by atoms with Gasteiger partial charge >= 0.3 is 6.03 Å². The summed E-state index contributed by atoms with van der Waals surface area (Å²) in [5.41, 5.74) is 3.49. The molecule has 196 valence electrons. The van der Waals surface area contributed by atoms with E-state index in [2.05, 4.69) is 15.6 Å². The molecule has 0 aliphatic heterocycles. The van der Waals surface area contributed by atoms with E-state index in [1.165, 1.54) is 18.2 Å². The summed E-state index contributed by atoms with van der Waals surface area (Å²) in [5, 5.41) is 18.3. The average Bonchev–Trinajstić information content (AvgIpc) is 2.88. The van der Waals surface area contributed by atoms with Crippen molar-refractivity contribution in [1.29, 1.82) is 0 Å². The second-order valence-corrected chi connectivity index (χ2v) is 9.66. The van der Waals surface area contributed by atoms with Gasteiger partial charge in [-0.3, -0.25) is 10.1 Å². The lowest BCUT2D eigenvalue weighted by Crippen LogP contribution is -2.30. The van der Waals surface area contributed by atoms with Crippen molar-refractivity contribution in [2.45, 2.75) is 32.8 Å². The van der Waals surface area contributed by atoms with E-state index in [4.69, 9.17) is 27.9 Å². The minimum Gasteiger partial charge on any atom is -0.487 e. The Balaban J connectivity index is 1.38. The van der Waals surface area contributed by atoms with Crippen LogP contribution < -0.4 is 15.4 Å². The number of halogens is 2. The van der Waals surface area contributed by atoms with Crippen LogP contribution in [0.25, 0.3) is 10.9 Å². The Labute approximate surface area is 230 Å². The molecule has 2 amide bonds. The standard InChI is InChI=1S/C28H26Cl2N4O4/c1-17(13-14-31-28(35)33-20-6-4-7-21(15-20)34(36)37)22-11-12-24(29)23(26(22)30)16-38-25-8-3-5-19-10-9-18(2)32-27(19)25/h3-12,15,17H,13-14,16H2,1-2H3,(H2,31,33,35). The van der Waals surface area contributed by atoms with Gasteiger partial charge in [0.1, 0.15) is 17.9 Å². The number of urea groups is 1. The van der Waals surface area contributed by atoms with Gasteiger partial charge in [-0.2, -0.15) is 0 Å². The minimum absolute atomic E-state index is 0.0125. The molecule has 0 fully saturated rings. The number of benzene rings is 3. The first kappa shape index (κ1) is 27.2. The van der Waals surface area contributed by atoms with Crippen molar-refractivity contribution < 1.29 is 14.5 Å². The molecule has 10 heteroatoms. The number of fused-ring (bicyclic) bond motifs is 1. The fraction of sp³-hybridized carbons (Fsp3) is 0.214. The van der Waals surface area contributed by atoms with Crippen LogP contribution in [0.2, 0.25) is 10.0 Å². The number of hydrogen-bond acceptors (Lipinski definition) is 5. The van der Waals surface area contributed by atoms with Gasteiger partial charge in [-0.15, -0.1) is 0 Å². The van der Waals surface area contributed by atoms with Gasteiger partial charge in [0.25, 0.3) is 5.69 Å². The monoisotopic (exact) mass is 552 g/mol. The predicted octanol–water partition coefficient (Wildman–Crippen LogP) is 7.65. The third kappa shape index (κ3) is 6.51. The van der Waals surface area contributed by atoms with E-state index < -0.39 is 11.0 Å². The van der Waals surface area contributed by atoms with Crippen molar-refractivity contribution in [1.82, 2.24) is 10.3 Å². The Morgan fingerprint density at radius 2 is 1.89 bits per heavy atom. The molecular weight excluding hydrogens is 527 g/mol. The van der Waals surface area contributed by atoms with Crippen molar-refractivity contribution in [2.24, 2.45) is 0 Å². The first-order chi connectivity index (χ1) is 18.2. The van der Waals surface area contributed by atoms with E-state index in [0.29, 0.717) is 40.0 Å². The Hall–Kier alpha value is -3.88. The maximum Gasteiger partial charge on any atom is 0.319 e. The number of ether oxygens (including phenoxy) is 1. The van der Waals surface area contributed by atoms with Gasteiger partial charge in [0, 0.05) is 46.0 Å². The molecule has 38 heavy (non-hydrogen) atoms. The summed E-state index contributed by atoms with van der Waals surface area (Å²) >= 11 is 13.3. The number of anilines is 1. The number of carbonyl (C=O) groups is 1. The molecule has 0 radical (unpaired) electrons. The zero-order valence-electron chi connectivity index (χ0n) is 20.8. The Kier molecular flexibility index (Phi) is 8.66. The van der Waals surface area contributed by atoms with Crippen LogP contribution >= 0.6 is 23.2 Å². The largest absolute Gasteiger partial charge is 0.487 e. The Bertz CT molecular complexity index is 1500. The van der Waals surface area contributed by atoms with Crippen LogP contribution in [-0.4, -0.2) is 22.5 Å². The number of nitrogens with zero attached hydrogens (tertiary/aromatic N) is 2. The van der Waals surface area contributed by atoms with E-state index in [1.54, 1.807) is 12.1 Å². The number of amides is 2. The van der Waals surface area contributed by atoms with Crippen molar-refractivity contribution in [3.05, 3.63) is 104 Å². The van der Waals surface area contributed by atoms with Crippen molar-refractivity contribution >= 4 is 51.5 Å². The lowest BCUT2D eigenvalue weighted by Gasteiger charge is -2.18. The molecule has 0 saturated carbocycles. The lowest BCUT2D eigenvalue weighted by atomic mass is 9.96. The molecule has 1 heterocycles.